The lowest BCUT2D eigenvalue weighted by Gasteiger charge is -2.10. The second kappa shape index (κ2) is 5.40. The van der Waals surface area contributed by atoms with E-state index in [4.69, 9.17) is 5.11 Å². The molecule has 0 aromatic heterocycles. The number of hydrogen-bond acceptors (Lipinski definition) is 4. The predicted octanol–water partition coefficient (Wildman–Crippen LogP) is -0.356. The van der Waals surface area contributed by atoms with E-state index >= 15 is 0 Å². The van der Waals surface area contributed by atoms with Gasteiger partial charge < -0.3 is 5.11 Å². The summed E-state index contributed by atoms with van der Waals surface area (Å²) in [7, 11) is 0. The van der Waals surface area contributed by atoms with Crippen molar-refractivity contribution in [3.05, 3.63) is 35.4 Å². The minimum Gasteiger partial charge on any atom is -0.478 e. The number of rotatable bonds is 5. The van der Waals surface area contributed by atoms with Crippen LogP contribution in [-0.2, 0) is 9.59 Å². The standard InChI is InChI=1S/C10H8N2O5/c13-5-12(6-14)11-9(15)7-1-3-8(4-2-7)10(16)17/h1-6H,(H,11,15)(H,16,17). The molecule has 2 N–H and O–H groups in total. The highest BCUT2D eigenvalue weighted by Crippen LogP contribution is 2.04. The van der Waals surface area contributed by atoms with Crippen molar-refractivity contribution in [2.75, 3.05) is 0 Å². The van der Waals surface area contributed by atoms with E-state index < -0.39 is 11.9 Å². The smallest absolute Gasteiger partial charge is 0.335 e. The van der Waals surface area contributed by atoms with E-state index in [1.807, 2.05) is 5.43 Å². The number of carbonyl (C=O) groups is 4. The Bertz CT molecular complexity index is 446. The molecule has 1 aromatic carbocycles. The fourth-order valence-electron chi connectivity index (χ4n) is 1.02. The number of carbonyl (C=O) groups excluding carboxylic acids is 3. The number of aromatic carboxylic acids is 1. The molecule has 7 nitrogen and oxygen atoms in total. The Kier molecular flexibility index (Phi) is 3.93. The number of amides is 3. The second-order valence-corrected chi connectivity index (χ2v) is 2.94. The first kappa shape index (κ1) is 12.4. The lowest BCUT2D eigenvalue weighted by molar-refractivity contribution is -0.131. The van der Waals surface area contributed by atoms with Gasteiger partial charge in [0, 0.05) is 5.56 Å². The van der Waals surface area contributed by atoms with Gasteiger partial charge in [0.1, 0.15) is 0 Å². The number of hydrazine groups is 1. The first-order valence-corrected chi connectivity index (χ1v) is 4.41. The van der Waals surface area contributed by atoms with Crippen LogP contribution in [0, 0.1) is 0 Å². The molecule has 0 bridgehead atoms. The summed E-state index contributed by atoms with van der Waals surface area (Å²) < 4.78 is 0. The van der Waals surface area contributed by atoms with Crippen LogP contribution in [0.5, 0.6) is 0 Å². The molecular formula is C10H8N2O5. The molecule has 0 heterocycles. The Hall–Kier alpha value is -2.70. The molecule has 7 heteroatoms. The second-order valence-electron chi connectivity index (χ2n) is 2.94. The van der Waals surface area contributed by atoms with Crippen LogP contribution in [0.15, 0.2) is 24.3 Å². The van der Waals surface area contributed by atoms with E-state index in [1.165, 1.54) is 24.3 Å². The Morgan fingerprint density at radius 1 is 1.06 bits per heavy atom. The zero-order valence-corrected chi connectivity index (χ0v) is 8.49. The van der Waals surface area contributed by atoms with Crippen LogP contribution in [-0.4, -0.2) is 34.8 Å². The van der Waals surface area contributed by atoms with E-state index in [1.54, 1.807) is 0 Å². The van der Waals surface area contributed by atoms with Gasteiger partial charge in [-0.15, -0.1) is 0 Å². The molecule has 0 aliphatic rings. The summed E-state index contributed by atoms with van der Waals surface area (Å²) in [6.45, 7) is 0. The normalized spacial score (nSPS) is 9.18. The SMILES string of the molecule is O=CN(C=O)NC(=O)c1ccc(C(=O)O)cc1. The molecule has 0 radical (unpaired) electrons. The molecule has 0 unspecified atom stereocenters. The Morgan fingerprint density at radius 2 is 1.53 bits per heavy atom. The Morgan fingerprint density at radius 3 is 1.94 bits per heavy atom. The number of imide groups is 1. The number of benzene rings is 1. The first-order chi connectivity index (χ1) is 8.08. The fourth-order valence-corrected chi connectivity index (χ4v) is 1.02. The molecule has 1 aromatic rings. The molecule has 0 aliphatic carbocycles. The van der Waals surface area contributed by atoms with E-state index in [0.717, 1.165) is 0 Å². The van der Waals surface area contributed by atoms with Crippen molar-refractivity contribution in [3.8, 4) is 0 Å². The van der Waals surface area contributed by atoms with Gasteiger partial charge in [0.2, 0.25) is 12.8 Å². The van der Waals surface area contributed by atoms with Crippen molar-refractivity contribution in [2.45, 2.75) is 0 Å². The summed E-state index contributed by atoms with van der Waals surface area (Å²) in [4.78, 5) is 42.5. The van der Waals surface area contributed by atoms with Gasteiger partial charge in [0.05, 0.1) is 5.56 Å². The summed E-state index contributed by atoms with van der Waals surface area (Å²) >= 11 is 0. The van der Waals surface area contributed by atoms with Gasteiger partial charge in [0.15, 0.2) is 0 Å². The van der Waals surface area contributed by atoms with E-state index in [9.17, 15) is 19.2 Å². The number of carboxylic acids is 1. The van der Waals surface area contributed by atoms with Crippen molar-refractivity contribution in [1.29, 1.82) is 0 Å². The molecule has 17 heavy (non-hydrogen) atoms. The average Bonchev–Trinajstić information content (AvgIpc) is 2.35. The molecule has 0 saturated carbocycles. The number of nitrogens with zero attached hydrogens (tertiary/aromatic N) is 1. The van der Waals surface area contributed by atoms with E-state index in [0.29, 0.717) is 5.01 Å². The summed E-state index contributed by atoms with van der Waals surface area (Å²) in [5.41, 5.74) is 2.15. The highest BCUT2D eigenvalue weighted by molar-refractivity contribution is 5.96. The van der Waals surface area contributed by atoms with E-state index in [2.05, 4.69) is 0 Å². The van der Waals surface area contributed by atoms with Gasteiger partial charge in [-0.05, 0) is 24.3 Å². The lowest BCUT2D eigenvalue weighted by Crippen LogP contribution is -2.40. The Balaban J connectivity index is 2.79. The predicted molar refractivity (Wildman–Crippen MR) is 54.8 cm³/mol. The molecule has 0 saturated heterocycles. The minimum atomic E-state index is -1.11. The molecule has 0 spiro atoms. The summed E-state index contributed by atoms with van der Waals surface area (Å²) in [6, 6.07) is 5.02. The topological polar surface area (TPSA) is 104 Å². The van der Waals surface area contributed by atoms with Gasteiger partial charge in [-0.3, -0.25) is 19.8 Å². The quantitative estimate of drug-likeness (QED) is 0.537. The van der Waals surface area contributed by atoms with Gasteiger partial charge in [-0.2, -0.15) is 5.01 Å². The van der Waals surface area contributed by atoms with Gasteiger partial charge in [-0.25, -0.2) is 4.79 Å². The largest absolute Gasteiger partial charge is 0.478 e. The molecule has 0 fully saturated rings. The molecule has 0 aliphatic heterocycles. The number of hydrogen-bond donors (Lipinski definition) is 2. The Labute approximate surface area is 95.6 Å². The van der Waals surface area contributed by atoms with Crippen LogP contribution in [0.1, 0.15) is 20.7 Å². The van der Waals surface area contributed by atoms with Crippen molar-refractivity contribution >= 4 is 24.7 Å². The zero-order chi connectivity index (χ0) is 12.8. The van der Waals surface area contributed by atoms with Crippen LogP contribution in [0.3, 0.4) is 0 Å². The third-order valence-corrected chi connectivity index (χ3v) is 1.85. The maximum absolute atomic E-state index is 11.4. The van der Waals surface area contributed by atoms with Crippen molar-refractivity contribution in [1.82, 2.24) is 10.4 Å². The summed E-state index contributed by atoms with van der Waals surface area (Å²) in [5, 5.41) is 9.04. The summed E-state index contributed by atoms with van der Waals surface area (Å²) in [5.74, 6) is -1.81. The van der Waals surface area contributed by atoms with Crippen LogP contribution < -0.4 is 5.43 Å². The zero-order valence-electron chi connectivity index (χ0n) is 8.49. The van der Waals surface area contributed by atoms with Crippen LogP contribution >= 0.6 is 0 Å². The van der Waals surface area contributed by atoms with Crippen LogP contribution in [0.4, 0.5) is 0 Å². The van der Waals surface area contributed by atoms with E-state index in [-0.39, 0.29) is 23.9 Å². The molecular weight excluding hydrogens is 228 g/mol. The third-order valence-electron chi connectivity index (χ3n) is 1.85. The van der Waals surface area contributed by atoms with Gasteiger partial charge in [-0.1, -0.05) is 0 Å². The van der Waals surface area contributed by atoms with Gasteiger partial charge in [0.25, 0.3) is 5.91 Å². The lowest BCUT2D eigenvalue weighted by atomic mass is 10.1. The third kappa shape index (κ3) is 3.13. The van der Waals surface area contributed by atoms with Gasteiger partial charge >= 0.3 is 5.97 Å². The molecule has 0 atom stereocenters. The molecule has 88 valence electrons. The summed E-state index contributed by atoms with van der Waals surface area (Å²) in [6.07, 6.45) is 0.271. The van der Waals surface area contributed by atoms with Crippen LogP contribution in [0.25, 0.3) is 0 Å². The van der Waals surface area contributed by atoms with Crippen molar-refractivity contribution in [3.63, 3.8) is 0 Å². The highest BCUT2D eigenvalue weighted by atomic mass is 16.4. The number of carboxylic acid groups (broad SMARTS) is 1. The maximum atomic E-state index is 11.4. The van der Waals surface area contributed by atoms with Crippen LogP contribution in [0.2, 0.25) is 0 Å². The average molecular weight is 236 g/mol. The molecule has 3 amide bonds. The molecule has 1 rings (SSSR count). The first-order valence-electron chi connectivity index (χ1n) is 4.41. The minimum absolute atomic E-state index is 0.0316. The highest BCUT2D eigenvalue weighted by Gasteiger charge is 2.10. The van der Waals surface area contributed by atoms with Crippen molar-refractivity contribution < 1.29 is 24.3 Å². The number of nitrogens with one attached hydrogen (secondary N) is 1. The monoisotopic (exact) mass is 236 g/mol. The fraction of sp³-hybridized carbons (Fsp3) is 0. The van der Waals surface area contributed by atoms with Crippen molar-refractivity contribution in [2.24, 2.45) is 0 Å². The maximum Gasteiger partial charge on any atom is 0.335 e.